The monoisotopic (exact) mass is 340 g/mol. The molecular formula is C19H28Si3. The lowest BCUT2D eigenvalue weighted by Crippen LogP contribution is -2.55. The third kappa shape index (κ3) is 3.53. The second-order valence-electron chi connectivity index (χ2n) is 6.84. The molecule has 0 fully saturated rings. The van der Waals surface area contributed by atoms with Crippen LogP contribution in [0.25, 0.3) is 0 Å². The molecule has 2 radical (unpaired) electrons. The zero-order chi connectivity index (χ0) is 16.3. The fourth-order valence-electron chi connectivity index (χ4n) is 2.92. The van der Waals surface area contributed by atoms with E-state index < -0.39 is 8.07 Å². The molecule has 0 aromatic heterocycles. The normalized spacial score (nSPS) is 12.2. The van der Waals surface area contributed by atoms with Crippen LogP contribution in [-0.2, 0) is 0 Å². The molecule has 0 N–H and O–H groups in total. The molecule has 0 unspecified atom stereocenters. The van der Waals surface area contributed by atoms with Crippen LogP contribution in [-0.4, -0.2) is 25.7 Å². The van der Waals surface area contributed by atoms with E-state index in [4.69, 9.17) is 0 Å². The van der Waals surface area contributed by atoms with E-state index in [-0.39, 0.29) is 17.6 Å². The van der Waals surface area contributed by atoms with Gasteiger partial charge in [0.2, 0.25) is 0 Å². The Morgan fingerprint density at radius 2 is 1.00 bits per heavy atom. The first-order valence-electron chi connectivity index (χ1n) is 8.20. The minimum Gasteiger partial charge on any atom is -0.0672 e. The Hall–Kier alpha value is -0.909. The van der Waals surface area contributed by atoms with Crippen LogP contribution in [0, 0.1) is 0 Å². The van der Waals surface area contributed by atoms with E-state index in [1.165, 1.54) is 6.04 Å². The van der Waals surface area contributed by atoms with Gasteiger partial charge in [-0.2, -0.15) is 0 Å². The van der Waals surface area contributed by atoms with E-state index in [1.807, 2.05) is 0 Å². The van der Waals surface area contributed by atoms with Crippen molar-refractivity contribution in [3.05, 3.63) is 48.5 Å². The van der Waals surface area contributed by atoms with Crippen molar-refractivity contribution < 1.29 is 0 Å². The largest absolute Gasteiger partial charge is 0.114 e. The summed E-state index contributed by atoms with van der Waals surface area (Å²) < 4.78 is 0. The summed E-state index contributed by atoms with van der Waals surface area (Å²) in [6.07, 6.45) is 0. The first-order chi connectivity index (χ1) is 10.4. The first-order valence-corrected chi connectivity index (χ1v) is 15.9. The van der Waals surface area contributed by atoms with Gasteiger partial charge in [-0.05, 0) is 0 Å². The van der Waals surface area contributed by atoms with E-state index in [2.05, 4.69) is 88.2 Å². The SMILES string of the molecule is CC[Si](C)(c1ccc([Si](C)C)cc1)c1ccc([Si](C)C)cc1. The summed E-state index contributed by atoms with van der Waals surface area (Å²) in [6.45, 7) is 14.3. The van der Waals surface area contributed by atoms with Crippen molar-refractivity contribution in [2.24, 2.45) is 0 Å². The molecule has 0 saturated heterocycles. The summed E-state index contributed by atoms with van der Waals surface area (Å²) in [5.41, 5.74) is 0. The number of benzene rings is 2. The summed E-state index contributed by atoms with van der Waals surface area (Å²) >= 11 is 0. The van der Waals surface area contributed by atoms with Gasteiger partial charge in [0.1, 0.15) is 8.07 Å². The van der Waals surface area contributed by atoms with Gasteiger partial charge in [-0.3, -0.25) is 0 Å². The minimum atomic E-state index is -1.57. The standard InChI is InChI=1S/C19H28Si3/c1-7-22(6,18-12-8-16(9-13-18)20(2)3)19-14-10-17(11-15-19)21(4)5/h8-15H,7H2,1-6H3. The molecule has 0 atom stereocenters. The molecule has 2 aromatic rings. The Labute approximate surface area is 140 Å². The quantitative estimate of drug-likeness (QED) is 0.734. The maximum Gasteiger partial charge on any atom is 0.114 e. The molecule has 2 aromatic carbocycles. The van der Waals surface area contributed by atoms with Crippen molar-refractivity contribution in [1.29, 1.82) is 0 Å². The third-order valence-electron chi connectivity index (χ3n) is 4.91. The van der Waals surface area contributed by atoms with Gasteiger partial charge in [0.25, 0.3) is 0 Å². The summed E-state index contributed by atoms with van der Waals surface area (Å²) in [5.74, 6) is 0. The highest BCUT2D eigenvalue weighted by Crippen LogP contribution is 2.10. The molecule has 0 saturated carbocycles. The molecule has 22 heavy (non-hydrogen) atoms. The maximum absolute atomic E-state index is 2.52. The van der Waals surface area contributed by atoms with Crippen molar-refractivity contribution in [3.63, 3.8) is 0 Å². The summed E-state index contributed by atoms with van der Waals surface area (Å²) in [5, 5.41) is 6.24. The van der Waals surface area contributed by atoms with Crippen LogP contribution in [0.1, 0.15) is 6.92 Å². The number of rotatable bonds is 5. The Bertz CT molecular complexity index is 546. The van der Waals surface area contributed by atoms with Crippen LogP contribution in [0.3, 0.4) is 0 Å². The molecule has 116 valence electrons. The third-order valence-corrected chi connectivity index (χ3v) is 12.5. The van der Waals surface area contributed by atoms with Crippen molar-refractivity contribution in [3.8, 4) is 0 Å². The van der Waals surface area contributed by atoms with Crippen LogP contribution in [0.15, 0.2) is 48.5 Å². The minimum absolute atomic E-state index is 0.340. The van der Waals surface area contributed by atoms with E-state index in [9.17, 15) is 0 Å². The average Bonchev–Trinajstić information content (AvgIpc) is 2.54. The zero-order valence-corrected chi connectivity index (χ0v) is 17.8. The Balaban J connectivity index is 2.38. The van der Waals surface area contributed by atoms with Crippen molar-refractivity contribution >= 4 is 46.4 Å². The zero-order valence-electron chi connectivity index (χ0n) is 14.8. The fourth-order valence-corrected chi connectivity index (χ4v) is 7.54. The second kappa shape index (κ2) is 7.11. The topological polar surface area (TPSA) is 0 Å². The van der Waals surface area contributed by atoms with Crippen LogP contribution in [0.2, 0.25) is 38.8 Å². The molecule has 3 heteroatoms. The Morgan fingerprint density at radius 1 is 0.682 bits per heavy atom. The van der Waals surface area contributed by atoms with E-state index in [1.54, 1.807) is 20.7 Å². The van der Waals surface area contributed by atoms with Crippen LogP contribution in [0.4, 0.5) is 0 Å². The van der Waals surface area contributed by atoms with Gasteiger partial charge >= 0.3 is 0 Å². The van der Waals surface area contributed by atoms with E-state index in [0.717, 1.165) is 0 Å². The number of hydrogen-bond donors (Lipinski definition) is 0. The molecule has 0 spiro atoms. The molecule has 0 bridgehead atoms. The molecule has 0 aliphatic rings. The molecule has 0 aliphatic carbocycles. The van der Waals surface area contributed by atoms with Gasteiger partial charge < -0.3 is 0 Å². The van der Waals surface area contributed by atoms with Crippen LogP contribution in [0.5, 0.6) is 0 Å². The predicted molar refractivity (Wildman–Crippen MR) is 108 cm³/mol. The van der Waals surface area contributed by atoms with Gasteiger partial charge in [-0.15, -0.1) is 0 Å². The highest BCUT2D eigenvalue weighted by Gasteiger charge is 2.29. The predicted octanol–water partition coefficient (Wildman–Crippen LogP) is 2.82. The Morgan fingerprint density at radius 3 is 1.23 bits per heavy atom. The van der Waals surface area contributed by atoms with E-state index >= 15 is 0 Å². The summed E-state index contributed by atoms with van der Waals surface area (Å²) in [6, 6.07) is 20.4. The van der Waals surface area contributed by atoms with E-state index in [0.29, 0.717) is 0 Å². The number of hydrogen-bond acceptors (Lipinski definition) is 0. The van der Waals surface area contributed by atoms with Gasteiger partial charge in [-0.25, -0.2) is 0 Å². The highest BCUT2D eigenvalue weighted by molar-refractivity contribution is 7.01. The highest BCUT2D eigenvalue weighted by atomic mass is 28.3. The lowest BCUT2D eigenvalue weighted by molar-refractivity contribution is 1.39. The van der Waals surface area contributed by atoms with Crippen molar-refractivity contribution in [2.45, 2.75) is 45.7 Å². The van der Waals surface area contributed by atoms with Crippen LogP contribution >= 0.6 is 0 Å². The molecule has 0 aliphatic heterocycles. The molecule has 0 amide bonds. The molecule has 0 heterocycles. The summed E-state index contributed by atoms with van der Waals surface area (Å²) in [4.78, 5) is 0. The molecule has 0 nitrogen and oxygen atoms in total. The van der Waals surface area contributed by atoms with Crippen molar-refractivity contribution in [1.82, 2.24) is 0 Å². The van der Waals surface area contributed by atoms with Gasteiger partial charge in [-0.1, -0.05) is 115 Å². The fraction of sp³-hybridized carbons (Fsp3) is 0.368. The van der Waals surface area contributed by atoms with Crippen molar-refractivity contribution in [2.75, 3.05) is 0 Å². The first kappa shape index (κ1) is 17.4. The Kier molecular flexibility index (Phi) is 5.64. The smallest absolute Gasteiger partial charge is 0.0672 e. The molecule has 2 rings (SSSR count). The average molecular weight is 341 g/mol. The second-order valence-corrected chi connectivity index (χ2v) is 16.5. The van der Waals surface area contributed by atoms with Gasteiger partial charge in [0, 0.05) is 0 Å². The van der Waals surface area contributed by atoms with Crippen LogP contribution < -0.4 is 20.7 Å². The maximum atomic E-state index is 2.52. The summed E-state index contributed by atoms with van der Waals surface area (Å²) in [7, 11) is -2.25. The van der Waals surface area contributed by atoms with Gasteiger partial charge in [0.15, 0.2) is 0 Å². The lowest BCUT2D eigenvalue weighted by Gasteiger charge is -2.28. The lowest BCUT2D eigenvalue weighted by atomic mass is 10.3. The molecular weight excluding hydrogens is 312 g/mol. The van der Waals surface area contributed by atoms with Gasteiger partial charge in [0.05, 0.1) is 17.6 Å².